The van der Waals surface area contributed by atoms with E-state index in [2.05, 4.69) is 31.8 Å². The minimum absolute atomic E-state index is 0.118. The monoisotopic (exact) mass is 222 g/mol. The van der Waals surface area contributed by atoms with E-state index < -0.39 is 14.0 Å². The minimum atomic E-state index is -1.06. The Morgan fingerprint density at radius 1 is 1.13 bits per heavy atom. The second-order valence-corrected chi connectivity index (χ2v) is 10.6. The summed E-state index contributed by atoms with van der Waals surface area (Å²) in [5.74, 6) is -0.770. The van der Waals surface area contributed by atoms with Crippen LogP contribution in [0.1, 0.15) is 11.1 Å². The van der Waals surface area contributed by atoms with Gasteiger partial charge in [-0.25, -0.2) is 0 Å². The number of hydrogen-bond donors (Lipinski definition) is 1. The second-order valence-electron chi connectivity index (χ2n) is 5.12. The number of aliphatic carboxylic acids is 1. The summed E-state index contributed by atoms with van der Waals surface area (Å²) >= 11 is 0. The van der Waals surface area contributed by atoms with E-state index >= 15 is 0 Å². The van der Waals surface area contributed by atoms with Crippen LogP contribution in [0.3, 0.4) is 0 Å². The Balaban J connectivity index is 2.68. The normalized spacial score (nSPS) is 11.4. The first-order chi connectivity index (χ1) is 6.87. The molecule has 0 spiro atoms. The molecule has 0 atom stereocenters. The summed E-state index contributed by atoms with van der Waals surface area (Å²) in [6, 6.07) is 9.10. The number of hydrogen-bond acceptors (Lipinski definition) is 1. The van der Waals surface area contributed by atoms with Gasteiger partial charge in [0.05, 0.1) is 6.42 Å². The number of benzene rings is 1. The van der Waals surface area contributed by atoms with Gasteiger partial charge >= 0.3 is 5.97 Å². The lowest BCUT2D eigenvalue weighted by atomic mass is 10.1. The smallest absolute Gasteiger partial charge is 0.307 e. The van der Waals surface area contributed by atoms with Crippen molar-refractivity contribution in [2.24, 2.45) is 0 Å². The van der Waals surface area contributed by atoms with Crippen LogP contribution in [0.25, 0.3) is 0 Å². The molecule has 0 fully saturated rings. The van der Waals surface area contributed by atoms with E-state index in [4.69, 9.17) is 5.11 Å². The third kappa shape index (κ3) is 4.79. The van der Waals surface area contributed by atoms with Crippen molar-refractivity contribution < 1.29 is 9.90 Å². The molecule has 0 aromatic heterocycles. The van der Waals surface area contributed by atoms with Crippen LogP contribution in [0.15, 0.2) is 24.3 Å². The van der Waals surface area contributed by atoms with Gasteiger partial charge in [0.2, 0.25) is 0 Å². The first kappa shape index (κ1) is 12.0. The Hall–Kier alpha value is -1.09. The van der Waals surface area contributed by atoms with Crippen LogP contribution in [0.2, 0.25) is 19.6 Å². The average Bonchev–Trinajstić information content (AvgIpc) is 2.05. The van der Waals surface area contributed by atoms with Crippen LogP contribution in [0.5, 0.6) is 0 Å². The fourth-order valence-electron chi connectivity index (χ4n) is 1.56. The topological polar surface area (TPSA) is 37.3 Å². The molecular formula is C12H18O2Si. The van der Waals surface area contributed by atoms with Crippen LogP contribution in [-0.4, -0.2) is 19.1 Å². The quantitative estimate of drug-likeness (QED) is 0.795. The maximum Gasteiger partial charge on any atom is 0.307 e. The highest BCUT2D eigenvalue weighted by atomic mass is 28.3. The van der Waals surface area contributed by atoms with Gasteiger partial charge < -0.3 is 5.11 Å². The lowest BCUT2D eigenvalue weighted by Crippen LogP contribution is -2.23. The van der Waals surface area contributed by atoms with Crippen LogP contribution in [-0.2, 0) is 17.3 Å². The standard InChI is InChI=1S/C12H18O2Si/c1-15(2,3)9-11-6-4-10(5-7-11)8-12(13)14/h4-7H,8-9H2,1-3H3,(H,13,14). The van der Waals surface area contributed by atoms with Crippen molar-refractivity contribution in [2.75, 3.05) is 0 Å². The van der Waals surface area contributed by atoms with Crippen LogP contribution >= 0.6 is 0 Å². The van der Waals surface area contributed by atoms with E-state index in [1.165, 1.54) is 5.56 Å². The van der Waals surface area contributed by atoms with Crippen molar-refractivity contribution in [3.05, 3.63) is 35.4 Å². The molecule has 0 heterocycles. The van der Waals surface area contributed by atoms with Gasteiger partial charge in [0, 0.05) is 8.07 Å². The number of carbonyl (C=O) groups is 1. The lowest BCUT2D eigenvalue weighted by molar-refractivity contribution is -0.136. The van der Waals surface area contributed by atoms with Crippen LogP contribution in [0, 0.1) is 0 Å². The van der Waals surface area contributed by atoms with E-state index in [0.717, 1.165) is 11.6 Å². The summed E-state index contributed by atoms with van der Waals surface area (Å²) in [7, 11) is -1.06. The molecule has 1 aromatic carbocycles. The van der Waals surface area contributed by atoms with Gasteiger partial charge in [0.25, 0.3) is 0 Å². The van der Waals surface area contributed by atoms with Crippen molar-refractivity contribution in [3.63, 3.8) is 0 Å². The van der Waals surface area contributed by atoms with Gasteiger partial charge in [0.15, 0.2) is 0 Å². The SMILES string of the molecule is C[Si](C)(C)Cc1ccc(CC(=O)O)cc1. The zero-order valence-electron chi connectivity index (χ0n) is 9.58. The van der Waals surface area contributed by atoms with Gasteiger partial charge in [-0.05, 0) is 11.6 Å². The van der Waals surface area contributed by atoms with E-state index in [9.17, 15) is 4.79 Å². The summed E-state index contributed by atoms with van der Waals surface area (Å²) in [5, 5.41) is 8.63. The summed E-state index contributed by atoms with van der Waals surface area (Å²) in [5.41, 5.74) is 2.20. The van der Waals surface area contributed by atoms with Crippen molar-refractivity contribution in [2.45, 2.75) is 32.1 Å². The first-order valence-corrected chi connectivity index (χ1v) is 8.87. The fourth-order valence-corrected chi connectivity index (χ4v) is 3.02. The Labute approximate surface area is 92.0 Å². The summed E-state index contributed by atoms with van der Waals surface area (Å²) < 4.78 is 0. The van der Waals surface area contributed by atoms with E-state index in [-0.39, 0.29) is 6.42 Å². The molecule has 3 heteroatoms. The average molecular weight is 222 g/mol. The number of rotatable bonds is 4. The number of carboxylic acids is 1. The molecule has 0 aliphatic heterocycles. The fraction of sp³-hybridized carbons (Fsp3) is 0.417. The highest BCUT2D eigenvalue weighted by Crippen LogP contribution is 2.12. The van der Waals surface area contributed by atoms with Crippen LogP contribution in [0.4, 0.5) is 0 Å². The van der Waals surface area contributed by atoms with Crippen molar-refractivity contribution in [3.8, 4) is 0 Å². The molecule has 82 valence electrons. The molecule has 1 rings (SSSR count). The van der Waals surface area contributed by atoms with Gasteiger partial charge in [-0.2, -0.15) is 0 Å². The summed E-state index contributed by atoms with van der Waals surface area (Å²) in [6.07, 6.45) is 0.118. The van der Waals surface area contributed by atoms with Gasteiger partial charge in [0.1, 0.15) is 0 Å². The second kappa shape index (κ2) is 4.62. The molecule has 1 N–H and O–H groups in total. The van der Waals surface area contributed by atoms with Gasteiger partial charge in [-0.1, -0.05) is 49.5 Å². The Morgan fingerprint density at radius 2 is 1.60 bits per heavy atom. The Morgan fingerprint density at radius 3 is 2.00 bits per heavy atom. The van der Waals surface area contributed by atoms with E-state index in [1.807, 2.05) is 12.1 Å². The first-order valence-electron chi connectivity index (χ1n) is 5.16. The molecule has 0 saturated heterocycles. The molecule has 0 bridgehead atoms. The molecule has 2 nitrogen and oxygen atoms in total. The summed E-state index contributed by atoms with van der Waals surface area (Å²) in [6.45, 7) is 6.99. The molecule has 0 amide bonds. The zero-order chi connectivity index (χ0) is 11.5. The molecule has 0 saturated carbocycles. The lowest BCUT2D eigenvalue weighted by Gasteiger charge is -2.15. The third-order valence-electron chi connectivity index (χ3n) is 2.11. The zero-order valence-corrected chi connectivity index (χ0v) is 10.6. The predicted molar refractivity (Wildman–Crippen MR) is 64.8 cm³/mol. The minimum Gasteiger partial charge on any atom is -0.481 e. The number of carboxylic acid groups (broad SMARTS) is 1. The van der Waals surface area contributed by atoms with Crippen LogP contribution < -0.4 is 0 Å². The maximum atomic E-state index is 10.5. The molecule has 15 heavy (non-hydrogen) atoms. The highest BCUT2D eigenvalue weighted by Gasteiger charge is 2.13. The summed E-state index contributed by atoms with van der Waals surface area (Å²) in [4.78, 5) is 10.5. The molecular weight excluding hydrogens is 204 g/mol. The molecule has 0 radical (unpaired) electrons. The molecule has 0 aliphatic carbocycles. The molecule has 0 aliphatic rings. The van der Waals surface area contributed by atoms with Crippen molar-refractivity contribution in [1.82, 2.24) is 0 Å². The third-order valence-corrected chi connectivity index (χ3v) is 3.58. The molecule has 0 unspecified atom stereocenters. The maximum absolute atomic E-state index is 10.5. The molecule has 1 aromatic rings. The Kier molecular flexibility index (Phi) is 3.69. The largest absolute Gasteiger partial charge is 0.481 e. The van der Waals surface area contributed by atoms with Crippen molar-refractivity contribution in [1.29, 1.82) is 0 Å². The Bertz CT molecular complexity index is 336. The highest BCUT2D eigenvalue weighted by molar-refractivity contribution is 6.75. The van der Waals surface area contributed by atoms with Crippen molar-refractivity contribution >= 4 is 14.0 Å². The van der Waals surface area contributed by atoms with Gasteiger partial charge in [-0.15, -0.1) is 0 Å². The van der Waals surface area contributed by atoms with E-state index in [1.54, 1.807) is 0 Å². The van der Waals surface area contributed by atoms with Gasteiger partial charge in [-0.3, -0.25) is 4.79 Å². The predicted octanol–water partition coefficient (Wildman–Crippen LogP) is 2.73. The van der Waals surface area contributed by atoms with E-state index in [0.29, 0.717) is 0 Å².